The number of carbonyl (C=O) groups excluding carboxylic acids is 1. The van der Waals surface area contributed by atoms with Gasteiger partial charge in [0.15, 0.2) is 0 Å². The number of aromatic nitrogens is 1. The number of nitrogen functional groups attached to an aromatic ring is 2. The van der Waals surface area contributed by atoms with Gasteiger partial charge in [-0.15, -0.1) is 22.7 Å². The fourth-order valence-electron chi connectivity index (χ4n) is 3.46. The van der Waals surface area contributed by atoms with Gasteiger partial charge in [-0.1, -0.05) is 13.0 Å². The van der Waals surface area contributed by atoms with Crippen LogP contribution in [0, 0.1) is 17.2 Å². The zero-order valence-electron chi connectivity index (χ0n) is 14.9. The van der Waals surface area contributed by atoms with Gasteiger partial charge in [-0.05, 0) is 30.2 Å². The Bertz CT molecular complexity index is 1060. The molecule has 3 aromatic heterocycles. The van der Waals surface area contributed by atoms with Crippen LogP contribution in [-0.2, 0) is 0 Å². The van der Waals surface area contributed by atoms with Gasteiger partial charge in [0, 0.05) is 28.9 Å². The highest BCUT2D eigenvalue weighted by Crippen LogP contribution is 2.44. The maximum Gasteiger partial charge on any atom is 0.266 e. The Kier molecular flexibility index (Phi) is 4.50. The average Bonchev–Trinajstić information content (AvgIpc) is 3.29. The molecule has 0 bridgehead atoms. The van der Waals surface area contributed by atoms with E-state index in [1.807, 2.05) is 22.4 Å². The normalized spacial score (nSPS) is 15.2. The van der Waals surface area contributed by atoms with E-state index >= 15 is 0 Å². The predicted octanol–water partition coefficient (Wildman–Crippen LogP) is 3.93. The number of nitrogens with zero attached hydrogens (tertiary/aromatic N) is 3. The van der Waals surface area contributed by atoms with Gasteiger partial charge in [0.2, 0.25) is 0 Å². The Balaban J connectivity index is 1.88. The number of hydrogen-bond donors (Lipinski definition) is 2. The molecule has 3 aromatic rings. The quantitative estimate of drug-likeness (QED) is 0.681. The largest absolute Gasteiger partial charge is 0.397 e. The molecule has 1 saturated heterocycles. The van der Waals surface area contributed by atoms with Gasteiger partial charge in [-0.2, -0.15) is 5.26 Å². The molecule has 6 nitrogen and oxygen atoms in total. The minimum atomic E-state index is -0.0587. The van der Waals surface area contributed by atoms with Crippen molar-refractivity contribution in [2.45, 2.75) is 19.8 Å². The molecule has 0 saturated carbocycles. The standard InChI is InChI=1S/C19H19N5OS2/c1-10-4-6-24(7-5-10)19(25)16-15(21)14-13(12-3-2-8-26-12)11(9-20)17(22)23-18(14)27-16/h2-3,8,10H,4-7,21H2,1H3,(H2,22,23). The summed E-state index contributed by atoms with van der Waals surface area (Å²) in [4.78, 5) is 21.3. The van der Waals surface area contributed by atoms with Crippen molar-refractivity contribution >= 4 is 50.3 Å². The number of pyridine rings is 1. The zero-order chi connectivity index (χ0) is 19.1. The SMILES string of the molecule is CC1CCN(C(=O)c2sc3nc(N)c(C#N)c(-c4cccs4)c3c2N)CC1. The fraction of sp³-hybridized carbons (Fsp3) is 0.316. The second-order valence-electron chi connectivity index (χ2n) is 6.84. The molecule has 0 unspecified atom stereocenters. The monoisotopic (exact) mass is 397 g/mol. The lowest BCUT2D eigenvalue weighted by Crippen LogP contribution is -2.37. The van der Waals surface area contributed by atoms with Gasteiger partial charge < -0.3 is 16.4 Å². The molecule has 8 heteroatoms. The Morgan fingerprint density at radius 2 is 2.11 bits per heavy atom. The van der Waals surface area contributed by atoms with E-state index in [1.165, 1.54) is 22.7 Å². The van der Waals surface area contributed by atoms with Crippen LogP contribution in [0.3, 0.4) is 0 Å². The van der Waals surface area contributed by atoms with Crippen LogP contribution in [0.5, 0.6) is 0 Å². The average molecular weight is 398 g/mol. The summed E-state index contributed by atoms with van der Waals surface area (Å²) in [7, 11) is 0. The van der Waals surface area contributed by atoms with E-state index in [9.17, 15) is 10.1 Å². The van der Waals surface area contributed by atoms with Crippen LogP contribution < -0.4 is 11.5 Å². The lowest BCUT2D eigenvalue weighted by Gasteiger charge is -2.30. The highest BCUT2D eigenvalue weighted by Gasteiger charge is 2.28. The van der Waals surface area contributed by atoms with Crippen molar-refractivity contribution in [2.75, 3.05) is 24.6 Å². The van der Waals surface area contributed by atoms with Crippen LogP contribution >= 0.6 is 22.7 Å². The van der Waals surface area contributed by atoms with Crippen molar-refractivity contribution in [2.24, 2.45) is 5.92 Å². The van der Waals surface area contributed by atoms with Crippen molar-refractivity contribution in [1.82, 2.24) is 9.88 Å². The van der Waals surface area contributed by atoms with Crippen LogP contribution in [-0.4, -0.2) is 28.9 Å². The lowest BCUT2D eigenvalue weighted by molar-refractivity contribution is 0.0703. The smallest absolute Gasteiger partial charge is 0.266 e. The summed E-state index contributed by atoms with van der Waals surface area (Å²) in [6, 6.07) is 5.98. The molecule has 4 rings (SSSR count). The minimum absolute atomic E-state index is 0.0587. The number of hydrogen-bond acceptors (Lipinski definition) is 7. The summed E-state index contributed by atoms with van der Waals surface area (Å²) in [5.74, 6) is 0.746. The van der Waals surface area contributed by atoms with E-state index in [4.69, 9.17) is 11.5 Å². The molecule has 0 aliphatic carbocycles. The van der Waals surface area contributed by atoms with Crippen molar-refractivity contribution in [3.8, 4) is 16.5 Å². The Morgan fingerprint density at radius 3 is 2.74 bits per heavy atom. The molecule has 4 heterocycles. The van der Waals surface area contributed by atoms with Gasteiger partial charge >= 0.3 is 0 Å². The number of nitriles is 1. The summed E-state index contributed by atoms with van der Waals surface area (Å²) in [6.45, 7) is 3.69. The Hall–Kier alpha value is -2.63. The number of anilines is 2. The molecule has 4 N–H and O–H groups in total. The highest BCUT2D eigenvalue weighted by molar-refractivity contribution is 7.21. The summed E-state index contributed by atoms with van der Waals surface area (Å²) < 4.78 is 0. The molecule has 27 heavy (non-hydrogen) atoms. The second-order valence-corrected chi connectivity index (χ2v) is 8.78. The topological polar surface area (TPSA) is 109 Å². The summed E-state index contributed by atoms with van der Waals surface area (Å²) in [5, 5.41) is 12.2. The molecule has 0 spiro atoms. The first-order valence-electron chi connectivity index (χ1n) is 8.76. The first kappa shape index (κ1) is 17.8. The molecule has 0 aromatic carbocycles. The van der Waals surface area contributed by atoms with Crippen LogP contribution in [0.25, 0.3) is 20.7 Å². The molecule has 1 aliphatic heterocycles. The third-order valence-corrected chi connectivity index (χ3v) is 7.02. The zero-order valence-corrected chi connectivity index (χ0v) is 16.5. The van der Waals surface area contributed by atoms with E-state index in [1.54, 1.807) is 0 Å². The third-order valence-electron chi connectivity index (χ3n) is 5.05. The molecule has 138 valence electrons. The van der Waals surface area contributed by atoms with Gasteiger partial charge in [0.05, 0.1) is 5.69 Å². The van der Waals surface area contributed by atoms with Crippen molar-refractivity contribution < 1.29 is 4.79 Å². The second kappa shape index (κ2) is 6.83. The number of carbonyl (C=O) groups is 1. The molecular formula is C19H19N5OS2. The Morgan fingerprint density at radius 1 is 1.37 bits per heavy atom. The summed E-state index contributed by atoms with van der Waals surface area (Å²) in [5.41, 5.74) is 13.8. The maximum absolute atomic E-state index is 13.1. The fourth-order valence-corrected chi connectivity index (χ4v) is 5.33. The number of piperidine rings is 1. The molecule has 0 atom stereocenters. The number of likely N-dealkylation sites (tertiary alicyclic amines) is 1. The van der Waals surface area contributed by atoms with Crippen LogP contribution in [0.15, 0.2) is 17.5 Å². The highest BCUT2D eigenvalue weighted by atomic mass is 32.1. The number of thiophene rings is 2. The molecule has 1 aliphatic rings. The third kappa shape index (κ3) is 2.93. The van der Waals surface area contributed by atoms with Crippen LogP contribution in [0.2, 0.25) is 0 Å². The molecule has 1 fully saturated rings. The van der Waals surface area contributed by atoms with Crippen molar-refractivity contribution in [1.29, 1.82) is 5.26 Å². The molecular weight excluding hydrogens is 378 g/mol. The van der Waals surface area contributed by atoms with E-state index in [2.05, 4.69) is 18.0 Å². The van der Waals surface area contributed by atoms with E-state index in [0.717, 1.165) is 30.8 Å². The maximum atomic E-state index is 13.1. The van der Waals surface area contributed by atoms with Gasteiger partial charge in [0.1, 0.15) is 27.2 Å². The Labute approximate surface area is 165 Å². The van der Waals surface area contributed by atoms with E-state index in [0.29, 0.717) is 37.8 Å². The minimum Gasteiger partial charge on any atom is -0.397 e. The van der Waals surface area contributed by atoms with Crippen molar-refractivity contribution in [3.05, 3.63) is 28.0 Å². The molecule has 0 radical (unpaired) electrons. The van der Waals surface area contributed by atoms with Gasteiger partial charge in [-0.3, -0.25) is 4.79 Å². The van der Waals surface area contributed by atoms with Gasteiger partial charge in [-0.25, -0.2) is 4.98 Å². The predicted molar refractivity (Wildman–Crippen MR) is 111 cm³/mol. The first-order valence-corrected chi connectivity index (χ1v) is 10.5. The molecule has 1 amide bonds. The summed E-state index contributed by atoms with van der Waals surface area (Å²) >= 11 is 2.76. The van der Waals surface area contributed by atoms with E-state index in [-0.39, 0.29) is 11.7 Å². The van der Waals surface area contributed by atoms with Crippen molar-refractivity contribution in [3.63, 3.8) is 0 Å². The van der Waals surface area contributed by atoms with Crippen LogP contribution in [0.4, 0.5) is 11.5 Å². The van der Waals surface area contributed by atoms with E-state index < -0.39 is 0 Å². The lowest BCUT2D eigenvalue weighted by atomic mass is 9.99. The number of nitrogens with two attached hydrogens (primary N) is 2. The summed E-state index contributed by atoms with van der Waals surface area (Å²) in [6.07, 6.45) is 2.00. The van der Waals surface area contributed by atoms with Crippen LogP contribution in [0.1, 0.15) is 35.0 Å². The first-order chi connectivity index (χ1) is 13.0. The number of fused-ring (bicyclic) bond motifs is 1. The number of amides is 1. The number of rotatable bonds is 2. The van der Waals surface area contributed by atoms with Gasteiger partial charge in [0.25, 0.3) is 5.91 Å².